The number of hydrogen-bond donors (Lipinski definition) is 2. The van der Waals surface area contributed by atoms with E-state index >= 15 is 0 Å². The summed E-state index contributed by atoms with van der Waals surface area (Å²) in [7, 11) is 0. The van der Waals surface area contributed by atoms with Crippen molar-refractivity contribution in [3.8, 4) is 0 Å². The highest BCUT2D eigenvalue weighted by Gasteiger charge is 2.64. The van der Waals surface area contributed by atoms with Gasteiger partial charge in [-0.2, -0.15) is 0 Å². The Morgan fingerprint density at radius 2 is 1.65 bits per heavy atom. The molecule has 2 aliphatic rings. The number of nitrogens with one attached hydrogen (secondary N) is 1. The largest absolute Gasteiger partial charge is 0.381 e. The lowest BCUT2D eigenvalue weighted by Gasteiger charge is -2.36. The van der Waals surface area contributed by atoms with Crippen molar-refractivity contribution in [1.82, 2.24) is 5.32 Å². The molecule has 0 unspecified atom stereocenters. The number of nitrogens with two attached hydrogens (primary N) is 1. The molecule has 17 heavy (non-hydrogen) atoms. The fourth-order valence-corrected chi connectivity index (χ4v) is 3.28. The second kappa shape index (κ2) is 4.22. The van der Waals surface area contributed by atoms with Gasteiger partial charge >= 0.3 is 0 Å². The van der Waals surface area contributed by atoms with Crippen LogP contribution in [0.15, 0.2) is 0 Å². The van der Waals surface area contributed by atoms with Crippen LogP contribution in [0.4, 0.5) is 0 Å². The second-order valence-corrected chi connectivity index (χ2v) is 7.07. The zero-order chi connectivity index (χ0) is 12.7. The molecule has 1 heterocycles. The van der Waals surface area contributed by atoms with Crippen LogP contribution in [-0.4, -0.2) is 32.3 Å². The van der Waals surface area contributed by atoms with Crippen LogP contribution >= 0.6 is 0 Å². The molecule has 0 aromatic rings. The van der Waals surface area contributed by atoms with Gasteiger partial charge in [-0.05, 0) is 35.6 Å². The number of rotatable bonds is 4. The first-order valence-corrected chi connectivity index (χ1v) is 6.87. The fraction of sp³-hybridized carbons (Fsp3) is 1.00. The van der Waals surface area contributed by atoms with Crippen LogP contribution in [0, 0.1) is 16.2 Å². The Bertz CT molecular complexity index is 266. The van der Waals surface area contributed by atoms with Crippen LogP contribution in [-0.2, 0) is 4.74 Å². The molecule has 1 aliphatic heterocycles. The summed E-state index contributed by atoms with van der Waals surface area (Å²) in [5.41, 5.74) is 7.08. The Hall–Kier alpha value is -0.120. The van der Waals surface area contributed by atoms with Crippen molar-refractivity contribution in [2.45, 2.75) is 46.6 Å². The molecule has 0 amide bonds. The minimum absolute atomic E-state index is 0.271. The van der Waals surface area contributed by atoms with Gasteiger partial charge in [0.1, 0.15) is 0 Å². The van der Waals surface area contributed by atoms with E-state index in [0.717, 1.165) is 39.1 Å². The molecule has 1 aliphatic carbocycles. The Morgan fingerprint density at radius 3 is 2.06 bits per heavy atom. The first-order valence-electron chi connectivity index (χ1n) is 6.87. The van der Waals surface area contributed by atoms with E-state index in [1.54, 1.807) is 0 Å². The van der Waals surface area contributed by atoms with Crippen LogP contribution < -0.4 is 11.1 Å². The van der Waals surface area contributed by atoms with E-state index in [2.05, 4.69) is 33.0 Å². The Morgan fingerprint density at radius 1 is 1.12 bits per heavy atom. The van der Waals surface area contributed by atoms with Crippen LogP contribution in [0.1, 0.15) is 40.5 Å². The van der Waals surface area contributed by atoms with E-state index in [-0.39, 0.29) is 5.41 Å². The molecule has 3 N–H and O–H groups in total. The van der Waals surface area contributed by atoms with E-state index in [1.807, 2.05) is 0 Å². The predicted octanol–water partition coefficient (Wildman–Crippen LogP) is 1.77. The average molecular weight is 240 g/mol. The van der Waals surface area contributed by atoms with Crippen molar-refractivity contribution in [1.29, 1.82) is 0 Å². The summed E-state index contributed by atoms with van der Waals surface area (Å²) in [5, 5.41) is 3.76. The molecule has 0 radical (unpaired) electrons. The van der Waals surface area contributed by atoms with Gasteiger partial charge in [-0.25, -0.2) is 0 Å². The average Bonchev–Trinajstić information content (AvgIpc) is 2.68. The lowest BCUT2D eigenvalue weighted by atomic mass is 9.80. The molecule has 1 saturated heterocycles. The normalized spacial score (nSPS) is 30.2. The summed E-state index contributed by atoms with van der Waals surface area (Å²) in [6.07, 6.45) is 2.20. The summed E-state index contributed by atoms with van der Waals surface area (Å²) in [6, 6.07) is 0.626. The van der Waals surface area contributed by atoms with E-state index in [1.165, 1.54) is 0 Å². The summed E-state index contributed by atoms with van der Waals surface area (Å²) in [5.74, 6) is 0. The molecule has 1 saturated carbocycles. The maximum atomic E-state index is 5.98. The van der Waals surface area contributed by atoms with Gasteiger partial charge in [0.15, 0.2) is 0 Å². The monoisotopic (exact) mass is 240 g/mol. The Kier molecular flexibility index (Phi) is 3.30. The van der Waals surface area contributed by atoms with Gasteiger partial charge in [0, 0.05) is 25.8 Å². The fourth-order valence-electron chi connectivity index (χ4n) is 3.28. The summed E-state index contributed by atoms with van der Waals surface area (Å²) >= 11 is 0. The molecular formula is C14H28N2O. The Balaban J connectivity index is 1.89. The van der Waals surface area contributed by atoms with Gasteiger partial charge in [0.2, 0.25) is 0 Å². The molecule has 0 spiro atoms. The molecule has 0 aromatic heterocycles. The van der Waals surface area contributed by atoms with Crippen molar-refractivity contribution < 1.29 is 4.74 Å². The topological polar surface area (TPSA) is 47.3 Å². The van der Waals surface area contributed by atoms with Gasteiger partial charge in [0.05, 0.1) is 0 Å². The molecule has 0 aromatic carbocycles. The van der Waals surface area contributed by atoms with Crippen LogP contribution in [0.3, 0.4) is 0 Å². The number of ether oxygens (including phenoxy) is 1. The lowest BCUT2D eigenvalue weighted by Crippen LogP contribution is -2.45. The van der Waals surface area contributed by atoms with Crippen molar-refractivity contribution in [2.24, 2.45) is 22.0 Å². The quantitative estimate of drug-likeness (QED) is 0.787. The summed E-state index contributed by atoms with van der Waals surface area (Å²) < 4.78 is 5.45. The third-order valence-electron chi connectivity index (χ3n) is 5.69. The molecule has 3 nitrogen and oxygen atoms in total. The van der Waals surface area contributed by atoms with Crippen molar-refractivity contribution >= 4 is 0 Å². The van der Waals surface area contributed by atoms with Crippen LogP contribution in [0.5, 0.6) is 0 Å². The Labute approximate surface area is 105 Å². The third kappa shape index (κ3) is 2.13. The van der Waals surface area contributed by atoms with E-state index < -0.39 is 0 Å². The first kappa shape index (κ1) is 13.3. The maximum Gasteiger partial charge on any atom is 0.0472 e. The first-order chi connectivity index (χ1) is 7.86. The van der Waals surface area contributed by atoms with Gasteiger partial charge in [0.25, 0.3) is 0 Å². The zero-order valence-corrected chi connectivity index (χ0v) is 11.8. The van der Waals surface area contributed by atoms with Crippen molar-refractivity contribution in [2.75, 3.05) is 26.3 Å². The second-order valence-electron chi connectivity index (χ2n) is 7.07. The maximum absolute atomic E-state index is 5.98. The van der Waals surface area contributed by atoms with Gasteiger partial charge in [-0.3, -0.25) is 0 Å². The summed E-state index contributed by atoms with van der Waals surface area (Å²) in [6.45, 7) is 13.0. The molecule has 2 rings (SSSR count). The van der Waals surface area contributed by atoms with Crippen LogP contribution in [0.25, 0.3) is 0 Å². The third-order valence-corrected chi connectivity index (χ3v) is 5.69. The number of hydrogen-bond acceptors (Lipinski definition) is 3. The van der Waals surface area contributed by atoms with Gasteiger partial charge in [-0.15, -0.1) is 0 Å². The minimum atomic E-state index is 0.271. The van der Waals surface area contributed by atoms with E-state index in [0.29, 0.717) is 16.9 Å². The molecule has 3 heteroatoms. The van der Waals surface area contributed by atoms with Crippen molar-refractivity contribution in [3.05, 3.63) is 0 Å². The lowest BCUT2D eigenvalue weighted by molar-refractivity contribution is 0.0186. The molecule has 0 bridgehead atoms. The van der Waals surface area contributed by atoms with Gasteiger partial charge in [-0.1, -0.05) is 27.7 Å². The molecular weight excluding hydrogens is 212 g/mol. The predicted molar refractivity (Wildman–Crippen MR) is 70.9 cm³/mol. The molecule has 2 fully saturated rings. The highest BCUT2D eigenvalue weighted by atomic mass is 16.5. The highest BCUT2D eigenvalue weighted by Crippen LogP contribution is 2.62. The highest BCUT2D eigenvalue weighted by molar-refractivity contribution is 5.18. The summed E-state index contributed by atoms with van der Waals surface area (Å²) in [4.78, 5) is 0. The SMILES string of the molecule is CC1(C)C(NCC2(CN)CCOCC2)C1(C)C. The van der Waals surface area contributed by atoms with Crippen LogP contribution in [0.2, 0.25) is 0 Å². The van der Waals surface area contributed by atoms with Gasteiger partial charge < -0.3 is 15.8 Å². The molecule has 100 valence electrons. The van der Waals surface area contributed by atoms with Crippen molar-refractivity contribution in [3.63, 3.8) is 0 Å². The van der Waals surface area contributed by atoms with E-state index in [4.69, 9.17) is 10.5 Å². The standard InChI is InChI=1S/C14H28N2O/c1-12(2)11(13(12,3)4)16-10-14(9-15)5-7-17-8-6-14/h11,16H,5-10,15H2,1-4H3. The smallest absolute Gasteiger partial charge is 0.0472 e. The zero-order valence-electron chi connectivity index (χ0n) is 11.8. The minimum Gasteiger partial charge on any atom is -0.381 e. The molecule has 0 atom stereocenters. The van der Waals surface area contributed by atoms with E-state index in [9.17, 15) is 0 Å².